The van der Waals surface area contributed by atoms with Gasteiger partial charge in [0.15, 0.2) is 0 Å². The van der Waals surface area contributed by atoms with Crippen molar-refractivity contribution in [3.63, 3.8) is 0 Å². The summed E-state index contributed by atoms with van der Waals surface area (Å²) in [6.45, 7) is 2.77. The standard InChI is InChI=1S/C11H13FN4O/c1-2-17-11-14-10(13)16(15-11)7-8-3-5-9(12)6-4-8/h3-6H,2,7H2,1H3,(H2,13,14,15). The molecule has 0 aliphatic carbocycles. The molecule has 90 valence electrons. The molecule has 0 unspecified atom stereocenters. The van der Waals surface area contributed by atoms with E-state index in [-0.39, 0.29) is 17.8 Å². The topological polar surface area (TPSA) is 66.0 Å². The number of rotatable bonds is 4. The molecule has 1 aromatic heterocycles. The van der Waals surface area contributed by atoms with Crippen LogP contribution in [0.1, 0.15) is 12.5 Å². The Bertz CT molecular complexity index is 495. The van der Waals surface area contributed by atoms with Gasteiger partial charge in [0.05, 0.1) is 13.2 Å². The number of halogens is 1. The zero-order chi connectivity index (χ0) is 12.3. The van der Waals surface area contributed by atoms with E-state index >= 15 is 0 Å². The minimum atomic E-state index is -0.268. The molecular weight excluding hydrogens is 223 g/mol. The first-order valence-corrected chi connectivity index (χ1v) is 5.26. The Morgan fingerprint density at radius 2 is 2.06 bits per heavy atom. The first-order valence-electron chi connectivity index (χ1n) is 5.26. The number of hydrogen-bond donors (Lipinski definition) is 1. The van der Waals surface area contributed by atoms with Crippen LogP contribution in [0.15, 0.2) is 24.3 Å². The third-order valence-corrected chi connectivity index (χ3v) is 2.20. The molecule has 0 spiro atoms. The van der Waals surface area contributed by atoms with Crippen LogP contribution in [0.3, 0.4) is 0 Å². The maximum absolute atomic E-state index is 12.7. The van der Waals surface area contributed by atoms with Gasteiger partial charge in [0.25, 0.3) is 0 Å². The summed E-state index contributed by atoms with van der Waals surface area (Å²) in [6, 6.07) is 6.40. The van der Waals surface area contributed by atoms with Crippen LogP contribution in [0.2, 0.25) is 0 Å². The smallest absolute Gasteiger partial charge is 0.337 e. The van der Waals surface area contributed by atoms with Gasteiger partial charge in [-0.3, -0.25) is 0 Å². The van der Waals surface area contributed by atoms with Gasteiger partial charge in [-0.2, -0.15) is 4.98 Å². The van der Waals surface area contributed by atoms with Crippen molar-refractivity contribution in [2.75, 3.05) is 12.3 Å². The molecule has 0 amide bonds. The third kappa shape index (κ3) is 2.72. The van der Waals surface area contributed by atoms with Gasteiger partial charge in [-0.05, 0) is 24.6 Å². The minimum absolute atomic E-state index is 0.257. The molecular formula is C11H13FN4O. The van der Waals surface area contributed by atoms with Gasteiger partial charge in [-0.25, -0.2) is 9.07 Å². The number of nitrogen functional groups attached to an aromatic ring is 1. The van der Waals surface area contributed by atoms with E-state index in [1.807, 2.05) is 6.92 Å². The number of nitrogens with zero attached hydrogens (tertiary/aromatic N) is 3. The molecule has 0 fully saturated rings. The number of ether oxygens (including phenoxy) is 1. The summed E-state index contributed by atoms with van der Waals surface area (Å²) >= 11 is 0. The lowest BCUT2D eigenvalue weighted by Crippen LogP contribution is -2.06. The highest BCUT2D eigenvalue weighted by Gasteiger charge is 2.07. The molecule has 0 aliphatic heterocycles. The van der Waals surface area contributed by atoms with E-state index in [0.717, 1.165) is 5.56 Å². The van der Waals surface area contributed by atoms with Gasteiger partial charge in [-0.15, -0.1) is 5.10 Å². The fourth-order valence-corrected chi connectivity index (χ4v) is 1.40. The van der Waals surface area contributed by atoms with Crippen LogP contribution in [0.5, 0.6) is 6.01 Å². The molecule has 17 heavy (non-hydrogen) atoms. The van der Waals surface area contributed by atoms with Crippen molar-refractivity contribution in [3.8, 4) is 6.01 Å². The summed E-state index contributed by atoms with van der Waals surface area (Å²) in [6.07, 6.45) is 0. The summed E-state index contributed by atoms with van der Waals surface area (Å²) in [4.78, 5) is 3.95. The normalized spacial score (nSPS) is 10.5. The highest BCUT2D eigenvalue weighted by atomic mass is 19.1. The number of benzene rings is 1. The molecule has 0 aliphatic rings. The Morgan fingerprint density at radius 3 is 2.71 bits per heavy atom. The van der Waals surface area contributed by atoms with Crippen LogP contribution in [-0.2, 0) is 6.54 Å². The number of anilines is 1. The summed E-state index contributed by atoms with van der Waals surface area (Å²) in [5.74, 6) is 0.00749. The van der Waals surface area contributed by atoms with Crippen LogP contribution < -0.4 is 10.5 Å². The van der Waals surface area contributed by atoms with E-state index in [9.17, 15) is 4.39 Å². The quantitative estimate of drug-likeness (QED) is 0.872. The SMILES string of the molecule is CCOc1nc(N)n(Cc2ccc(F)cc2)n1. The third-order valence-electron chi connectivity index (χ3n) is 2.20. The summed E-state index contributed by atoms with van der Waals surface area (Å²) in [7, 11) is 0. The van der Waals surface area contributed by atoms with E-state index in [1.54, 1.807) is 12.1 Å². The Kier molecular flexibility index (Phi) is 3.22. The lowest BCUT2D eigenvalue weighted by molar-refractivity contribution is 0.311. The van der Waals surface area contributed by atoms with Gasteiger partial charge < -0.3 is 10.5 Å². The first-order chi connectivity index (χ1) is 8.19. The number of aromatic nitrogens is 3. The van der Waals surface area contributed by atoms with Crippen LogP contribution in [0, 0.1) is 5.82 Å². The van der Waals surface area contributed by atoms with Crippen molar-refractivity contribution in [3.05, 3.63) is 35.6 Å². The van der Waals surface area contributed by atoms with Gasteiger partial charge >= 0.3 is 6.01 Å². The Hall–Kier alpha value is -2.11. The largest absolute Gasteiger partial charge is 0.463 e. The maximum atomic E-state index is 12.7. The second kappa shape index (κ2) is 4.82. The maximum Gasteiger partial charge on any atom is 0.337 e. The zero-order valence-electron chi connectivity index (χ0n) is 9.43. The lowest BCUT2D eigenvalue weighted by Gasteiger charge is -2.02. The van der Waals surface area contributed by atoms with Crippen molar-refractivity contribution in [1.29, 1.82) is 0 Å². The molecule has 5 nitrogen and oxygen atoms in total. The average molecular weight is 236 g/mol. The van der Waals surface area contributed by atoms with E-state index in [1.165, 1.54) is 16.8 Å². The molecule has 6 heteroatoms. The van der Waals surface area contributed by atoms with Crippen LogP contribution in [0.25, 0.3) is 0 Å². The molecule has 0 radical (unpaired) electrons. The molecule has 0 atom stereocenters. The van der Waals surface area contributed by atoms with Gasteiger partial charge in [0.2, 0.25) is 5.95 Å². The predicted octanol–water partition coefficient (Wildman–Crippen LogP) is 1.45. The van der Waals surface area contributed by atoms with E-state index in [2.05, 4.69) is 10.1 Å². The first kappa shape index (κ1) is 11.4. The summed E-state index contributed by atoms with van der Waals surface area (Å²) in [5, 5.41) is 4.08. The van der Waals surface area contributed by atoms with Gasteiger partial charge in [0, 0.05) is 0 Å². The van der Waals surface area contributed by atoms with Crippen LogP contribution in [0.4, 0.5) is 10.3 Å². The summed E-state index contributed by atoms with van der Waals surface area (Å²) in [5.41, 5.74) is 6.58. The number of nitrogens with two attached hydrogens (primary N) is 1. The van der Waals surface area contributed by atoms with Crippen LogP contribution in [-0.4, -0.2) is 21.4 Å². The molecule has 1 heterocycles. The Morgan fingerprint density at radius 1 is 1.35 bits per heavy atom. The second-order valence-corrected chi connectivity index (χ2v) is 3.47. The monoisotopic (exact) mass is 236 g/mol. The van der Waals surface area contributed by atoms with Gasteiger partial charge in [0.1, 0.15) is 5.82 Å². The van der Waals surface area contributed by atoms with Crippen molar-refractivity contribution < 1.29 is 9.13 Å². The number of hydrogen-bond acceptors (Lipinski definition) is 4. The highest BCUT2D eigenvalue weighted by Crippen LogP contribution is 2.11. The Balaban J connectivity index is 2.15. The fraction of sp³-hybridized carbons (Fsp3) is 0.273. The minimum Gasteiger partial charge on any atom is -0.463 e. The van der Waals surface area contributed by atoms with Crippen molar-refractivity contribution in [2.24, 2.45) is 0 Å². The molecule has 0 bridgehead atoms. The average Bonchev–Trinajstić information content (AvgIpc) is 2.63. The van der Waals surface area contributed by atoms with Crippen molar-refractivity contribution >= 4 is 5.95 Å². The molecule has 2 N–H and O–H groups in total. The molecule has 0 saturated carbocycles. The molecule has 2 rings (SSSR count). The highest BCUT2D eigenvalue weighted by molar-refractivity contribution is 5.22. The predicted molar refractivity (Wildman–Crippen MR) is 61.1 cm³/mol. The Labute approximate surface area is 98.0 Å². The lowest BCUT2D eigenvalue weighted by atomic mass is 10.2. The molecule has 2 aromatic rings. The van der Waals surface area contributed by atoms with Crippen LogP contribution >= 0.6 is 0 Å². The molecule has 1 aromatic carbocycles. The van der Waals surface area contributed by atoms with Crippen molar-refractivity contribution in [1.82, 2.24) is 14.8 Å². The summed E-state index contributed by atoms with van der Waals surface area (Å²) < 4.78 is 19.4. The van der Waals surface area contributed by atoms with Gasteiger partial charge in [-0.1, -0.05) is 12.1 Å². The van der Waals surface area contributed by atoms with E-state index in [0.29, 0.717) is 13.2 Å². The fourth-order valence-electron chi connectivity index (χ4n) is 1.40. The van der Waals surface area contributed by atoms with E-state index in [4.69, 9.17) is 10.5 Å². The zero-order valence-corrected chi connectivity index (χ0v) is 9.43. The molecule has 0 saturated heterocycles. The van der Waals surface area contributed by atoms with E-state index < -0.39 is 0 Å². The van der Waals surface area contributed by atoms with Crippen molar-refractivity contribution in [2.45, 2.75) is 13.5 Å². The second-order valence-electron chi connectivity index (χ2n) is 3.47.